The first-order valence-electron chi connectivity index (χ1n) is 11.8. The number of nitrogens with zero attached hydrogens (tertiary/aromatic N) is 2. The number of ether oxygens (including phenoxy) is 2. The topological polar surface area (TPSA) is 99.0 Å². The largest absolute Gasteiger partial charge is 0.493 e. The van der Waals surface area contributed by atoms with Crippen molar-refractivity contribution in [2.75, 3.05) is 7.11 Å². The molecule has 1 saturated heterocycles. The van der Waals surface area contributed by atoms with Gasteiger partial charge >= 0.3 is 0 Å². The summed E-state index contributed by atoms with van der Waals surface area (Å²) in [7, 11) is 1.50. The Hall–Kier alpha value is -4.15. The third-order valence-corrected chi connectivity index (χ3v) is 7.79. The molecule has 5 rings (SSSR count). The van der Waals surface area contributed by atoms with Gasteiger partial charge in [-0.15, -0.1) is 0 Å². The number of methoxy groups -OCH3 is 1. The van der Waals surface area contributed by atoms with Crippen LogP contribution in [0.3, 0.4) is 0 Å². The van der Waals surface area contributed by atoms with E-state index in [9.17, 15) is 19.7 Å². The Morgan fingerprint density at radius 3 is 2.49 bits per heavy atom. The summed E-state index contributed by atoms with van der Waals surface area (Å²) in [4.78, 5) is 38.0. The van der Waals surface area contributed by atoms with Crippen LogP contribution in [0.2, 0.25) is 0 Å². The lowest BCUT2D eigenvalue weighted by Crippen LogP contribution is -2.27. The van der Waals surface area contributed by atoms with Gasteiger partial charge in [0.25, 0.3) is 16.8 Å². The van der Waals surface area contributed by atoms with Gasteiger partial charge in [-0.05, 0) is 69.6 Å². The van der Waals surface area contributed by atoms with Gasteiger partial charge in [-0.3, -0.25) is 24.6 Å². The van der Waals surface area contributed by atoms with Crippen molar-refractivity contribution >= 4 is 61.4 Å². The van der Waals surface area contributed by atoms with Crippen LogP contribution in [0.1, 0.15) is 16.7 Å². The number of fused-ring (bicyclic) bond motifs is 1. The second-order valence-electron chi connectivity index (χ2n) is 8.64. The van der Waals surface area contributed by atoms with Crippen molar-refractivity contribution in [1.82, 2.24) is 4.90 Å². The number of non-ortho nitro benzene ring substituents is 1. The van der Waals surface area contributed by atoms with Gasteiger partial charge in [0.15, 0.2) is 11.5 Å². The molecule has 8 nitrogen and oxygen atoms in total. The number of carbonyl (C=O) groups excluding carboxylic acids is 2. The van der Waals surface area contributed by atoms with Crippen LogP contribution >= 0.6 is 27.7 Å². The van der Waals surface area contributed by atoms with Crippen molar-refractivity contribution in [2.45, 2.75) is 13.2 Å². The average Bonchev–Trinajstić information content (AvgIpc) is 3.20. The number of carbonyl (C=O) groups is 2. The first kappa shape index (κ1) is 26.5. The third-order valence-electron chi connectivity index (χ3n) is 6.19. The standard InChI is InChI=1S/C29H21BrN2O6S/c1-37-25-13-21(24(30)15-26(25)38-17-18-9-11-22(12-10-18)32(35)36)14-27-28(33)31(29(34)39-27)16-20-7-4-6-19-5-2-3-8-23(19)20/h2-15H,16-17H2,1H3/b27-14-. The van der Waals surface area contributed by atoms with Crippen LogP contribution in [0.4, 0.5) is 10.5 Å². The van der Waals surface area contributed by atoms with Crippen LogP contribution in [0, 0.1) is 10.1 Å². The lowest BCUT2D eigenvalue weighted by molar-refractivity contribution is -0.384. The highest BCUT2D eigenvalue weighted by molar-refractivity contribution is 9.10. The van der Waals surface area contributed by atoms with Gasteiger partial charge in [-0.1, -0.05) is 58.4 Å². The van der Waals surface area contributed by atoms with E-state index >= 15 is 0 Å². The molecule has 10 heteroatoms. The molecule has 2 amide bonds. The van der Waals surface area contributed by atoms with Crippen molar-refractivity contribution in [3.63, 3.8) is 0 Å². The zero-order valence-electron chi connectivity index (χ0n) is 20.6. The van der Waals surface area contributed by atoms with Crippen LogP contribution in [0.25, 0.3) is 16.8 Å². The predicted octanol–water partition coefficient (Wildman–Crippen LogP) is 7.33. The number of hydrogen-bond donors (Lipinski definition) is 0. The molecule has 1 aliphatic heterocycles. The zero-order chi connectivity index (χ0) is 27.5. The Morgan fingerprint density at radius 1 is 1.00 bits per heavy atom. The SMILES string of the molecule is COc1cc(/C=C2\SC(=O)N(Cc3cccc4ccccc34)C2=O)c(Br)cc1OCc1ccc([N+](=O)[O-])cc1. The fourth-order valence-electron chi connectivity index (χ4n) is 4.19. The quantitative estimate of drug-likeness (QED) is 0.118. The number of halogens is 1. The molecule has 1 aliphatic rings. The van der Waals surface area contributed by atoms with E-state index in [1.807, 2.05) is 42.5 Å². The van der Waals surface area contributed by atoms with E-state index in [-0.39, 0.29) is 30.0 Å². The molecule has 1 heterocycles. The molecule has 0 radical (unpaired) electrons. The molecular formula is C29H21BrN2O6S. The van der Waals surface area contributed by atoms with E-state index in [4.69, 9.17) is 9.47 Å². The number of rotatable bonds is 8. The van der Waals surface area contributed by atoms with Crippen molar-refractivity contribution in [3.05, 3.63) is 115 Å². The molecule has 196 valence electrons. The molecule has 0 spiro atoms. The van der Waals surface area contributed by atoms with Crippen molar-refractivity contribution in [3.8, 4) is 11.5 Å². The normalized spacial score (nSPS) is 14.3. The zero-order valence-corrected chi connectivity index (χ0v) is 23.0. The highest BCUT2D eigenvalue weighted by Gasteiger charge is 2.35. The van der Waals surface area contributed by atoms with Crippen molar-refractivity contribution < 1.29 is 24.0 Å². The molecule has 39 heavy (non-hydrogen) atoms. The van der Waals surface area contributed by atoms with Crippen LogP contribution in [0.15, 0.2) is 88.2 Å². The van der Waals surface area contributed by atoms with Crippen molar-refractivity contribution in [1.29, 1.82) is 0 Å². The van der Waals surface area contributed by atoms with E-state index in [2.05, 4.69) is 15.9 Å². The first-order chi connectivity index (χ1) is 18.8. The minimum Gasteiger partial charge on any atom is -0.493 e. The Labute approximate surface area is 236 Å². The highest BCUT2D eigenvalue weighted by atomic mass is 79.9. The minimum atomic E-state index is -0.457. The fourth-order valence-corrected chi connectivity index (χ4v) is 5.45. The van der Waals surface area contributed by atoms with Gasteiger partial charge in [0, 0.05) is 16.6 Å². The predicted molar refractivity (Wildman–Crippen MR) is 154 cm³/mol. The van der Waals surface area contributed by atoms with Crippen LogP contribution in [0.5, 0.6) is 11.5 Å². The van der Waals surface area contributed by atoms with Crippen LogP contribution < -0.4 is 9.47 Å². The van der Waals surface area contributed by atoms with E-state index in [1.54, 1.807) is 30.3 Å². The summed E-state index contributed by atoms with van der Waals surface area (Å²) in [5, 5.41) is 12.6. The number of amides is 2. The molecule has 0 N–H and O–H groups in total. The Bertz CT molecular complexity index is 1630. The first-order valence-corrected chi connectivity index (χ1v) is 13.4. The maximum absolute atomic E-state index is 13.2. The molecule has 4 aromatic carbocycles. The molecule has 0 bridgehead atoms. The molecule has 0 aliphatic carbocycles. The highest BCUT2D eigenvalue weighted by Crippen LogP contribution is 2.39. The summed E-state index contributed by atoms with van der Waals surface area (Å²) >= 11 is 4.42. The molecule has 0 unspecified atom stereocenters. The summed E-state index contributed by atoms with van der Waals surface area (Å²) in [5.74, 6) is 0.521. The molecule has 0 saturated carbocycles. The van der Waals surface area contributed by atoms with E-state index in [0.29, 0.717) is 26.4 Å². The number of thioether (sulfide) groups is 1. The summed E-state index contributed by atoms with van der Waals surface area (Å²) in [5.41, 5.74) is 2.30. The van der Waals surface area contributed by atoms with Gasteiger partial charge in [0.2, 0.25) is 0 Å². The van der Waals surface area contributed by atoms with E-state index in [1.165, 1.54) is 24.1 Å². The smallest absolute Gasteiger partial charge is 0.293 e. The lowest BCUT2D eigenvalue weighted by atomic mass is 10.0. The maximum atomic E-state index is 13.2. The molecule has 0 aromatic heterocycles. The molecule has 1 fully saturated rings. The summed E-state index contributed by atoms with van der Waals surface area (Å²) < 4.78 is 12.0. The third kappa shape index (κ3) is 5.67. The number of benzene rings is 4. The fraction of sp³-hybridized carbons (Fsp3) is 0.103. The second kappa shape index (κ2) is 11.3. The minimum absolute atomic E-state index is 0.00459. The van der Waals surface area contributed by atoms with E-state index < -0.39 is 4.92 Å². The summed E-state index contributed by atoms with van der Waals surface area (Å²) in [6, 6.07) is 23.2. The Balaban J connectivity index is 1.34. The van der Waals surface area contributed by atoms with E-state index in [0.717, 1.165) is 33.7 Å². The Kier molecular flexibility index (Phi) is 7.67. The van der Waals surface area contributed by atoms with Gasteiger partial charge in [0.1, 0.15) is 6.61 Å². The monoisotopic (exact) mass is 604 g/mol. The number of nitro benzene ring substituents is 1. The number of hydrogen-bond acceptors (Lipinski definition) is 7. The van der Waals surface area contributed by atoms with Gasteiger partial charge in [0.05, 0.1) is 23.5 Å². The lowest BCUT2D eigenvalue weighted by Gasteiger charge is -2.14. The second-order valence-corrected chi connectivity index (χ2v) is 10.5. The molecule has 0 atom stereocenters. The maximum Gasteiger partial charge on any atom is 0.293 e. The molecule has 4 aromatic rings. The van der Waals surface area contributed by atoms with Crippen molar-refractivity contribution in [2.24, 2.45) is 0 Å². The van der Waals surface area contributed by atoms with Gasteiger partial charge in [-0.2, -0.15) is 0 Å². The number of nitro groups is 1. The van der Waals surface area contributed by atoms with Crippen LogP contribution in [-0.4, -0.2) is 28.1 Å². The summed E-state index contributed by atoms with van der Waals surface area (Å²) in [6.07, 6.45) is 1.65. The van der Waals surface area contributed by atoms with Gasteiger partial charge in [-0.25, -0.2) is 0 Å². The average molecular weight is 605 g/mol. The molecular weight excluding hydrogens is 584 g/mol. The number of imide groups is 1. The Morgan fingerprint density at radius 2 is 1.74 bits per heavy atom. The van der Waals surface area contributed by atoms with Gasteiger partial charge < -0.3 is 9.47 Å². The summed E-state index contributed by atoms with van der Waals surface area (Å²) in [6.45, 7) is 0.358. The van der Waals surface area contributed by atoms with Crippen LogP contribution in [-0.2, 0) is 17.9 Å².